The number of benzene rings is 1. The number of hydrogen-bond acceptors (Lipinski definition) is 2. The summed E-state index contributed by atoms with van der Waals surface area (Å²) in [6.07, 6.45) is 0. The van der Waals surface area contributed by atoms with Crippen LogP contribution in [0.2, 0.25) is 0 Å². The Balaban J connectivity index is 2.41. The molecule has 0 unspecified atom stereocenters. The van der Waals surface area contributed by atoms with E-state index in [0.717, 1.165) is 6.54 Å². The normalized spacial score (nSPS) is 12.8. The van der Waals surface area contributed by atoms with Gasteiger partial charge in [-0.15, -0.1) is 0 Å². The van der Waals surface area contributed by atoms with Gasteiger partial charge in [0.05, 0.1) is 6.61 Å². The van der Waals surface area contributed by atoms with Crippen LogP contribution in [0.5, 0.6) is 0 Å². The molecule has 0 aliphatic carbocycles. The Morgan fingerprint density at radius 1 is 1.31 bits per heavy atom. The van der Waals surface area contributed by atoms with Crippen molar-refractivity contribution in [3.05, 3.63) is 35.4 Å². The van der Waals surface area contributed by atoms with E-state index in [9.17, 15) is 0 Å². The zero-order valence-electron chi connectivity index (χ0n) is 8.25. The highest BCUT2D eigenvalue weighted by Gasteiger charge is 1.98. The molecule has 1 rings (SSSR count). The molecule has 1 aromatic rings. The molecular formula is C11H17NO. The monoisotopic (exact) mass is 179 g/mol. The van der Waals surface area contributed by atoms with Crippen LogP contribution in [-0.2, 0) is 6.54 Å². The van der Waals surface area contributed by atoms with Crippen molar-refractivity contribution in [1.82, 2.24) is 5.32 Å². The van der Waals surface area contributed by atoms with Crippen molar-refractivity contribution in [2.45, 2.75) is 26.4 Å². The molecule has 0 aromatic heterocycles. The van der Waals surface area contributed by atoms with Gasteiger partial charge in [-0.25, -0.2) is 0 Å². The van der Waals surface area contributed by atoms with E-state index in [4.69, 9.17) is 5.11 Å². The Labute approximate surface area is 79.6 Å². The van der Waals surface area contributed by atoms with Crippen molar-refractivity contribution in [2.24, 2.45) is 0 Å². The van der Waals surface area contributed by atoms with Crippen LogP contribution in [0.25, 0.3) is 0 Å². The van der Waals surface area contributed by atoms with E-state index in [1.54, 1.807) is 0 Å². The molecule has 2 heteroatoms. The second-order valence-electron chi connectivity index (χ2n) is 3.45. The van der Waals surface area contributed by atoms with E-state index in [1.165, 1.54) is 11.1 Å². The molecule has 0 bridgehead atoms. The molecule has 1 atom stereocenters. The fraction of sp³-hybridized carbons (Fsp3) is 0.455. The molecule has 1 aromatic carbocycles. The average Bonchev–Trinajstić information content (AvgIpc) is 2.16. The maximum absolute atomic E-state index is 8.79. The molecule has 13 heavy (non-hydrogen) atoms. The van der Waals surface area contributed by atoms with Gasteiger partial charge in [-0.2, -0.15) is 0 Å². The Morgan fingerprint density at radius 2 is 1.92 bits per heavy atom. The van der Waals surface area contributed by atoms with Gasteiger partial charge >= 0.3 is 0 Å². The third-order valence-corrected chi connectivity index (χ3v) is 2.05. The number of aliphatic hydroxyl groups excluding tert-OH is 1. The minimum atomic E-state index is 0.168. The van der Waals surface area contributed by atoms with Crippen LogP contribution < -0.4 is 5.32 Å². The molecule has 0 radical (unpaired) electrons. The average molecular weight is 179 g/mol. The predicted molar refractivity (Wildman–Crippen MR) is 54.6 cm³/mol. The zero-order valence-corrected chi connectivity index (χ0v) is 8.25. The molecule has 0 heterocycles. The van der Waals surface area contributed by atoms with Crippen molar-refractivity contribution in [2.75, 3.05) is 6.61 Å². The van der Waals surface area contributed by atoms with Gasteiger partial charge in [0.15, 0.2) is 0 Å². The summed E-state index contributed by atoms with van der Waals surface area (Å²) in [6, 6.07) is 8.57. The Kier molecular flexibility index (Phi) is 3.93. The molecule has 0 amide bonds. The van der Waals surface area contributed by atoms with Gasteiger partial charge < -0.3 is 10.4 Å². The van der Waals surface area contributed by atoms with Crippen molar-refractivity contribution in [3.63, 3.8) is 0 Å². The lowest BCUT2D eigenvalue weighted by Gasteiger charge is -2.10. The van der Waals surface area contributed by atoms with E-state index in [2.05, 4.69) is 36.5 Å². The van der Waals surface area contributed by atoms with Crippen LogP contribution in [0, 0.1) is 6.92 Å². The largest absolute Gasteiger partial charge is 0.395 e. The number of rotatable bonds is 4. The van der Waals surface area contributed by atoms with Gasteiger partial charge in [0.25, 0.3) is 0 Å². The molecule has 2 N–H and O–H groups in total. The van der Waals surface area contributed by atoms with Gasteiger partial charge in [0.2, 0.25) is 0 Å². The van der Waals surface area contributed by atoms with Crippen LogP contribution in [-0.4, -0.2) is 17.8 Å². The highest BCUT2D eigenvalue weighted by Crippen LogP contribution is 2.02. The van der Waals surface area contributed by atoms with Crippen LogP contribution in [0.1, 0.15) is 18.1 Å². The first kappa shape index (κ1) is 10.2. The summed E-state index contributed by atoms with van der Waals surface area (Å²) in [4.78, 5) is 0. The highest BCUT2D eigenvalue weighted by atomic mass is 16.3. The molecule has 0 saturated heterocycles. The topological polar surface area (TPSA) is 32.3 Å². The van der Waals surface area contributed by atoms with Crippen molar-refractivity contribution in [3.8, 4) is 0 Å². The summed E-state index contributed by atoms with van der Waals surface area (Å²) in [5, 5.41) is 12.0. The van der Waals surface area contributed by atoms with E-state index in [-0.39, 0.29) is 12.6 Å². The van der Waals surface area contributed by atoms with Crippen molar-refractivity contribution >= 4 is 0 Å². The summed E-state index contributed by atoms with van der Waals surface area (Å²) in [7, 11) is 0. The van der Waals surface area contributed by atoms with Gasteiger partial charge in [0.1, 0.15) is 0 Å². The fourth-order valence-corrected chi connectivity index (χ4v) is 1.06. The summed E-state index contributed by atoms with van der Waals surface area (Å²) in [5.74, 6) is 0. The highest BCUT2D eigenvalue weighted by molar-refractivity contribution is 5.21. The number of nitrogens with one attached hydrogen (secondary N) is 1. The first-order valence-corrected chi connectivity index (χ1v) is 4.62. The quantitative estimate of drug-likeness (QED) is 0.733. The van der Waals surface area contributed by atoms with E-state index < -0.39 is 0 Å². The Bertz CT molecular complexity index is 243. The molecule has 72 valence electrons. The summed E-state index contributed by atoms with van der Waals surface area (Å²) in [6.45, 7) is 5.05. The predicted octanol–water partition coefficient (Wildman–Crippen LogP) is 1.47. The molecule has 0 fully saturated rings. The van der Waals surface area contributed by atoms with E-state index in [0.29, 0.717) is 0 Å². The molecular weight excluding hydrogens is 162 g/mol. The maximum Gasteiger partial charge on any atom is 0.0582 e. The smallest absolute Gasteiger partial charge is 0.0582 e. The minimum Gasteiger partial charge on any atom is -0.395 e. The van der Waals surface area contributed by atoms with Gasteiger partial charge in [-0.05, 0) is 19.4 Å². The third kappa shape index (κ3) is 3.57. The lowest BCUT2D eigenvalue weighted by Crippen LogP contribution is -2.28. The molecule has 0 aliphatic rings. The SMILES string of the molecule is Cc1ccc(CN[C@H](C)CO)cc1. The Hall–Kier alpha value is -0.860. The van der Waals surface area contributed by atoms with Crippen LogP contribution in [0.3, 0.4) is 0 Å². The first-order chi connectivity index (χ1) is 6.22. The summed E-state index contributed by atoms with van der Waals surface area (Å²) < 4.78 is 0. The summed E-state index contributed by atoms with van der Waals surface area (Å²) in [5.41, 5.74) is 2.53. The van der Waals surface area contributed by atoms with Crippen molar-refractivity contribution < 1.29 is 5.11 Å². The van der Waals surface area contributed by atoms with Crippen molar-refractivity contribution in [1.29, 1.82) is 0 Å². The molecule has 0 saturated carbocycles. The second-order valence-corrected chi connectivity index (χ2v) is 3.45. The maximum atomic E-state index is 8.79. The van der Waals surface area contributed by atoms with Crippen LogP contribution in [0.4, 0.5) is 0 Å². The van der Waals surface area contributed by atoms with Gasteiger partial charge in [-0.1, -0.05) is 29.8 Å². The first-order valence-electron chi connectivity index (χ1n) is 4.62. The fourth-order valence-electron chi connectivity index (χ4n) is 1.06. The van der Waals surface area contributed by atoms with Crippen LogP contribution >= 0.6 is 0 Å². The molecule has 2 nitrogen and oxygen atoms in total. The lowest BCUT2D eigenvalue weighted by atomic mass is 10.1. The summed E-state index contributed by atoms with van der Waals surface area (Å²) >= 11 is 0. The minimum absolute atomic E-state index is 0.168. The number of aliphatic hydroxyl groups is 1. The number of hydrogen-bond donors (Lipinski definition) is 2. The van der Waals surface area contributed by atoms with E-state index in [1.807, 2.05) is 6.92 Å². The molecule has 0 aliphatic heterocycles. The lowest BCUT2D eigenvalue weighted by molar-refractivity contribution is 0.251. The molecule has 0 spiro atoms. The Morgan fingerprint density at radius 3 is 2.46 bits per heavy atom. The third-order valence-electron chi connectivity index (χ3n) is 2.05. The zero-order chi connectivity index (χ0) is 9.68. The number of aryl methyl sites for hydroxylation is 1. The van der Waals surface area contributed by atoms with Crippen LogP contribution in [0.15, 0.2) is 24.3 Å². The van der Waals surface area contributed by atoms with Gasteiger partial charge in [0, 0.05) is 12.6 Å². The van der Waals surface area contributed by atoms with E-state index >= 15 is 0 Å². The van der Waals surface area contributed by atoms with Gasteiger partial charge in [-0.3, -0.25) is 0 Å². The second kappa shape index (κ2) is 5.00. The standard InChI is InChI=1S/C11H17NO/c1-9-3-5-11(6-4-9)7-12-10(2)8-13/h3-6,10,12-13H,7-8H2,1-2H3/t10-/m1/s1.